The van der Waals surface area contributed by atoms with Crippen LogP contribution >= 0.6 is 0 Å². The van der Waals surface area contributed by atoms with Gasteiger partial charge in [0, 0.05) is 24.3 Å². The lowest BCUT2D eigenvalue weighted by atomic mass is 9.99. The van der Waals surface area contributed by atoms with E-state index < -0.39 is 0 Å². The van der Waals surface area contributed by atoms with Crippen LogP contribution in [0.4, 0.5) is 0 Å². The molecule has 0 aromatic carbocycles. The first kappa shape index (κ1) is 14.5. The Morgan fingerprint density at radius 3 is 3.16 bits per heavy atom. The summed E-state index contributed by atoms with van der Waals surface area (Å²) in [4.78, 5) is 2.58. The van der Waals surface area contributed by atoms with Crippen molar-refractivity contribution in [1.82, 2.24) is 20.0 Å². The number of piperidine rings is 1. The number of hydrogen-bond acceptors (Lipinski definition) is 4. The first-order valence-corrected chi connectivity index (χ1v) is 7.34. The summed E-state index contributed by atoms with van der Waals surface area (Å²) < 4.78 is 1.82. The zero-order valence-corrected chi connectivity index (χ0v) is 11.9. The molecule has 1 fully saturated rings. The lowest BCUT2D eigenvalue weighted by Gasteiger charge is -2.35. The predicted octanol–water partition coefficient (Wildman–Crippen LogP) is 0.839. The number of aromatic nitrogens is 2. The van der Waals surface area contributed by atoms with E-state index in [0.717, 1.165) is 13.1 Å². The highest BCUT2D eigenvalue weighted by molar-refractivity contribution is 5.04. The van der Waals surface area contributed by atoms with Gasteiger partial charge in [-0.2, -0.15) is 5.10 Å². The zero-order chi connectivity index (χ0) is 13.5. The molecular formula is C14H26N4O. The Bertz CT molecular complexity index is 366. The maximum absolute atomic E-state index is 8.91. The molecule has 1 aliphatic rings. The molecule has 1 aromatic heterocycles. The Kier molecular flexibility index (Phi) is 5.82. The van der Waals surface area contributed by atoms with E-state index in [1.165, 1.54) is 37.8 Å². The van der Waals surface area contributed by atoms with Gasteiger partial charge in [-0.15, -0.1) is 0 Å². The zero-order valence-electron chi connectivity index (χ0n) is 11.9. The lowest BCUT2D eigenvalue weighted by molar-refractivity contribution is 0.132. The number of aliphatic hydroxyl groups excluding tert-OH is 1. The molecule has 1 aliphatic heterocycles. The maximum Gasteiger partial charge on any atom is 0.0640 e. The van der Waals surface area contributed by atoms with Crippen LogP contribution in [0, 0.1) is 0 Å². The minimum absolute atomic E-state index is 0.148. The summed E-state index contributed by atoms with van der Waals surface area (Å²) >= 11 is 0. The first-order valence-electron chi connectivity index (χ1n) is 7.34. The molecule has 1 atom stereocenters. The number of hydrogen-bond donors (Lipinski definition) is 2. The maximum atomic E-state index is 8.91. The summed E-state index contributed by atoms with van der Waals surface area (Å²) in [6, 6.07) is 0.697. The number of nitrogens with one attached hydrogen (secondary N) is 1. The molecule has 0 aliphatic carbocycles. The van der Waals surface area contributed by atoms with Crippen molar-refractivity contribution in [3.8, 4) is 0 Å². The fourth-order valence-electron chi connectivity index (χ4n) is 2.85. The molecule has 1 saturated heterocycles. The molecule has 108 valence electrons. The Morgan fingerprint density at radius 1 is 1.47 bits per heavy atom. The topological polar surface area (TPSA) is 53.3 Å². The van der Waals surface area contributed by atoms with E-state index in [1.807, 2.05) is 17.9 Å². The highest BCUT2D eigenvalue weighted by Gasteiger charge is 2.22. The Morgan fingerprint density at radius 2 is 2.37 bits per heavy atom. The van der Waals surface area contributed by atoms with Crippen molar-refractivity contribution in [2.24, 2.45) is 0 Å². The normalized spacial score (nSPS) is 20.8. The van der Waals surface area contributed by atoms with E-state index in [4.69, 9.17) is 5.11 Å². The van der Waals surface area contributed by atoms with Crippen molar-refractivity contribution < 1.29 is 5.11 Å². The van der Waals surface area contributed by atoms with E-state index in [2.05, 4.69) is 21.5 Å². The summed E-state index contributed by atoms with van der Waals surface area (Å²) in [5.41, 5.74) is 1.25. The van der Waals surface area contributed by atoms with E-state index >= 15 is 0 Å². The van der Waals surface area contributed by atoms with Crippen LogP contribution in [0.25, 0.3) is 0 Å². The number of rotatable bonds is 7. The second-order valence-electron chi connectivity index (χ2n) is 5.35. The van der Waals surface area contributed by atoms with Gasteiger partial charge in [0.25, 0.3) is 0 Å². The average Bonchev–Trinajstić information content (AvgIpc) is 2.86. The summed E-state index contributed by atoms with van der Waals surface area (Å²) in [5.74, 6) is 0. The number of aliphatic hydroxyl groups is 1. The van der Waals surface area contributed by atoms with Gasteiger partial charge in [-0.1, -0.05) is 6.42 Å². The third-order valence-corrected chi connectivity index (χ3v) is 3.88. The van der Waals surface area contributed by atoms with Crippen LogP contribution in [0.15, 0.2) is 12.4 Å². The minimum atomic E-state index is 0.148. The molecular weight excluding hydrogens is 240 g/mol. The quantitative estimate of drug-likeness (QED) is 0.768. The van der Waals surface area contributed by atoms with Crippen LogP contribution in [0.2, 0.25) is 0 Å². The van der Waals surface area contributed by atoms with Crippen LogP contribution in [-0.2, 0) is 13.1 Å². The molecule has 19 heavy (non-hydrogen) atoms. The van der Waals surface area contributed by atoms with E-state index in [0.29, 0.717) is 12.6 Å². The second kappa shape index (κ2) is 7.62. The Labute approximate surface area is 115 Å². The molecule has 1 aromatic rings. The van der Waals surface area contributed by atoms with E-state index in [-0.39, 0.29) is 6.61 Å². The highest BCUT2D eigenvalue weighted by Crippen LogP contribution is 2.21. The number of likely N-dealkylation sites (tertiary alicyclic amines) is 1. The second-order valence-corrected chi connectivity index (χ2v) is 5.35. The van der Waals surface area contributed by atoms with Crippen molar-refractivity contribution in [3.05, 3.63) is 18.0 Å². The summed E-state index contributed by atoms with van der Waals surface area (Å²) in [6.45, 7) is 4.00. The summed E-state index contributed by atoms with van der Waals surface area (Å²) in [5, 5.41) is 16.4. The molecule has 0 amide bonds. The van der Waals surface area contributed by atoms with Gasteiger partial charge in [-0.3, -0.25) is 9.58 Å². The van der Waals surface area contributed by atoms with Crippen LogP contribution in [0.5, 0.6) is 0 Å². The van der Waals surface area contributed by atoms with E-state index in [9.17, 15) is 0 Å². The Hall–Kier alpha value is -0.910. The summed E-state index contributed by atoms with van der Waals surface area (Å²) in [7, 11) is 2.02. The molecule has 0 saturated carbocycles. The molecule has 2 N–H and O–H groups in total. The molecule has 1 unspecified atom stereocenters. The molecule has 0 radical (unpaired) electrons. The van der Waals surface area contributed by atoms with Crippen LogP contribution in [-0.4, -0.2) is 52.6 Å². The molecule has 0 bridgehead atoms. The molecule has 5 heteroatoms. The standard InChI is InChI=1S/C14H26N4O/c1-15-6-5-14-4-2-3-7-17(14)11-13-10-16-18(12-13)8-9-19/h10,12,14-15,19H,2-9,11H2,1H3. The molecule has 2 rings (SSSR count). The largest absolute Gasteiger partial charge is 0.394 e. The molecule has 5 nitrogen and oxygen atoms in total. The minimum Gasteiger partial charge on any atom is -0.394 e. The van der Waals surface area contributed by atoms with Gasteiger partial charge in [-0.05, 0) is 39.4 Å². The van der Waals surface area contributed by atoms with Gasteiger partial charge in [0.1, 0.15) is 0 Å². The van der Waals surface area contributed by atoms with Crippen molar-refractivity contribution >= 4 is 0 Å². The van der Waals surface area contributed by atoms with Crippen molar-refractivity contribution in [2.75, 3.05) is 26.7 Å². The third-order valence-electron chi connectivity index (χ3n) is 3.88. The molecule has 2 heterocycles. The van der Waals surface area contributed by atoms with Gasteiger partial charge < -0.3 is 10.4 Å². The van der Waals surface area contributed by atoms with Gasteiger partial charge in [0.05, 0.1) is 19.3 Å². The Balaban J connectivity index is 1.90. The number of nitrogens with zero attached hydrogens (tertiary/aromatic N) is 3. The monoisotopic (exact) mass is 266 g/mol. The fourth-order valence-corrected chi connectivity index (χ4v) is 2.85. The predicted molar refractivity (Wildman–Crippen MR) is 75.9 cm³/mol. The van der Waals surface area contributed by atoms with Gasteiger partial charge in [-0.25, -0.2) is 0 Å². The SMILES string of the molecule is CNCCC1CCCCN1Cc1cnn(CCO)c1. The van der Waals surface area contributed by atoms with Crippen LogP contribution in [0.1, 0.15) is 31.2 Å². The van der Waals surface area contributed by atoms with Crippen molar-refractivity contribution in [2.45, 2.75) is 44.8 Å². The van der Waals surface area contributed by atoms with Crippen molar-refractivity contribution in [3.63, 3.8) is 0 Å². The van der Waals surface area contributed by atoms with Gasteiger partial charge in [0.15, 0.2) is 0 Å². The van der Waals surface area contributed by atoms with Crippen LogP contribution < -0.4 is 5.32 Å². The third kappa shape index (κ3) is 4.30. The van der Waals surface area contributed by atoms with Crippen LogP contribution in [0.3, 0.4) is 0 Å². The summed E-state index contributed by atoms with van der Waals surface area (Å²) in [6.07, 6.45) is 9.18. The van der Waals surface area contributed by atoms with Crippen molar-refractivity contribution in [1.29, 1.82) is 0 Å². The average molecular weight is 266 g/mol. The van der Waals surface area contributed by atoms with E-state index in [1.54, 1.807) is 0 Å². The first-order chi connectivity index (χ1) is 9.33. The van der Waals surface area contributed by atoms with Gasteiger partial charge in [0.2, 0.25) is 0 Å². The smallest absolute Gasteiger partial charge is 0.0640 e. The fraction of sp³-hybridized carbons (Fsp3) is 0.786. The molecule has 0 spiro atoms. The van der Waals surface area contributed by atoms with Gasteiger partial charge >= 0.3 is 0 Å². The highest BCUT2D eigenvalue weighted by atomic mass is 16.3. The lowest BCUT2D eigenvalue weighted by Crippen LogP contribution is -2.40.